The average Bonchev–Trinajstić information content (AvgIpc) is 3.02. The number of Topliss-reactive ketones (excluding diaryl/α,β-unsaturated/α-hetero) is 1. The molecule has 6 heteroatoms. The number of nitrogens with one attached hydrogen (secondary N) is 1. The van der Waals surface area contributed by atoms with Crippen LogP contribution in [0.3, 0.4) is 0 Å². The molecule has 0 aliphatic heterocycles. The van der Waals surface area contributed by atoms with Crippen LogP contribution in [0.4, 0.5) is 10.2 Å². The first kappa shape index (κ1) is 21.6. The van der Waals surface area contributed by atoms with Gasteiger partial charge in [0.05, 0.1) is 0 Å². The summed E-state index contributed by atoms with van der Waals surface area (Å²) in [5.41, 5.74) is 2.47. The standard InChI is InChI=1S/C26H28ClFN2O2/c1-26-12-11-19-18-9-7-17(27)13-15(18)5-8-20(19)25(26)16(14-21(26)31)6-10-24(32)30-23-4-2-3-22(28)29-23/h2-4,7,9,13,16,19-20,25H,5-6,8,10-12,14H2,1H3,(H,29,30,32)/t16-,19?,20?,25?,26-/m1/s1. The monoisotopic (exact) mass is 454 g/mol. The van der Waals surface area contributed by atoms with Gasteiger partial charge >= 0.3 is 0 Å². The lowest BCUT2D eigenvalue weighted by molar-refractivity contribution is -0.129. The predicted octanol–water partition coefficient (Wildman–Crippen LogP) is 5.94. The van der Waals surface area contributed by atoms with Crippen molar-refractivity contribution in [2.45, 2.75) is 57.8 Å². The quantitative estimate of drug-likeness (QED) is 0.581. The van der Waals surface area contributed by atoms with Crippen molar-refractivity contribution in [2.24, 2.45) is 23.2 Å². The van der Waals surface area contributed by atoms with E-state index in [9.17, 15) is 14.0 Å². The summed E-state index contributed by atoms with van der Waals surface area (Å²) < 4.78 is 13.3. The molecule has 32 heavy (non-hydrogen) atoms. The van der Waals surface area contributed by atoms with Crippen molar-refractivity contribution in [3.8, 4) is 0 Å². The van der Waals surface area contributed by atoms with Gasteiger partial charge < -0.3 is 5.32 Å². The number of carbonyl (C=O) groups excluding carboxylic acids is 2. The minimum atomic E-state index is -0.618. The van der Waals surface area contributed by atoms with Gasteiger partial charge in [0, 0.05) is 23.3 Å². The van der Waals surface area contributed by atoms with Gasteiger partial charge in [-0.05, 0) is 91.2 Å². The van der Waals surface area contributed by atoms with Crippen LogP contribution in [0.25, 0.3) is 0 Å². The predicted molar refractivity (Wildman–Crippen MR) is 122 cm³/mol. The summed E-state index contributed by atoms with van der Waals surface area (Å²) in [6.07, 6.45) is 5.56. The van der Waals surface area contributed by atoms with Crippen molar-refractivity contribution in [3.63, 3.8) is 0 Å². The fourth-order valence-electron chi connectivity index (χ4n) is 6.88. The van der Waals surface area contributed by atoms with Crippen LogP contribution >= 0.6 is 11.6 Å². The number of hydrogen-bond donors (Lipinski definition) is 1. The summed E-state index contributed by atoms with van der Waals surface area (Å²) in [6.45, 7) is 2.16. The topological polar surface area (TPSA) is 59.1 Å². The summed E-state index contributed by atoms with van der Waals surface area (Å²) in [4.78, 5) is 29.3. The van der Waals surface area contributed by atoms with Crippen LogP contribution in [-0.4, -0.2) is 16.7 Å². The van der Waals surface area contributed by atoms with E-state index in [1.54, 1.807) is 6.07 Å². The van der Waals surface area contributed by atoms with Crippen molar-refractivity contribution in [3.05, 3.63) is 58.5 Å². The van der Waals surface area contributed by atoms with E-state index in [4.69, 9.17) is 11.6 Å². The molecule has 2 aromatic rings. The fourth-order valence-corrected chi connectivity index (χ4v) is 7.07. The van der Waals surface area contributed by atoms with E-state index >= 15 is 0 Å². The number of rotatable bonds is 4. The third-order valence-electron chi connectivity index (χ3n) is 8.26. The first-order valence-corrected chi connectivity index (χ1v) is 12.0. The highest BCUT2D eigenvalue weighted by Gasteiger charge is 2.58. The molecule has 4 nitrogen and oxygen atoms in total. The molecule has 3 aliphatic carbocycles. The van der Waals surface area contributed by atoms with E-state index in [-0.39, 0.29) is 23.1 Å². The van der Waals surface area contributed by atoms with Crippen LogP contribution in [-0.2, 0) is 16.0 Å². The molecule has 0 spiro atoms. The number of pyridine rings is 1. The Morgan fingerprint density at radius 1 is 1.28 bits per heavy atom. The summed E-state index contributed by atoms with van der Waals surface area (Å²) in [5, 5.41) is 3.47. The maximum Gasteiger partial charge on any atom is 0.225 e. The highest BCUT2D eigenvalue weighted by atomic mass is 35.5. The molecule has 1 heterocycles. The van der Waals surface area contributed by atoms with Gasteiger partial charge in [0.15, 0.2) is 0 Å². The zero-order valence-corrected chi connectivity index (χ0v) is 19.0. The Balaban J connectivity index is 1.32. The molecule has 1 N–H and O–H groups in total. The summed E-state index contributed by atoms with van der Waals surface area (Å²) in [5.74, 6) is 1.23. The SMILES string of the molecule is C[C@]12CCC3c4ccc(Cl)cc4CCC3C1[C@H](CCC(=O)Nc1cccc(F)n1)CC2=O. The van der Waals surface area contributed by atoms with Crippen molar-refractivity contribution < 1.29 is 14.0 Å². The molecular weight excluding hydrogens is 427 g/mol. The van der Waals surface area contributed by atoms with Gasteiger partial charge in [-0.1, -0.05) is 30.7 Å². The Bertz CT molecular complexity index is 1070. The normalized spacial score (nSPS) is 30.9. The number of anilines is 1. The number of amides is 1. The lowest BCUT2D eigenvalue weighted by Gasteiger charge is -2.50. The number of hydrogen-bond acceptors (Lipinski definition) is 3. The third kappa shape index (κ3) is 3.75. The molecule has 2 fully saturated rings. The Labute approximate surface area is 193 Å². The molecule has 3 aliphatic rings. The average molecular weight is 455 g/mol. The van der Waals surface area contributed by atoms with Crippen LogP contribution < -0.4 is 5.32 Å². The smallest absolute Gasteiger partial charge is 0.225 e. The molecule has 2 saturated carbocycles. The molecule has 1 amide bonds. The maximum absolute atomic E-state index is 13.3. The van der Waals surface area contributed by atoms with E-state index in [0.29, 0.717) is 42.8 Å². The lowest BCUT2D eigenvalue weighted by atomic mass is 9.54. The highest BCUT2D eigenvalue weighted by molar-refractivity contribution is 6.30. The number of fused-ring (bicyclic) bond motifs is 5. The molecule has 0 radical (unpaired) electrons. The van der Waals surface area contributed by atoms with E-state index in [2.05, 4.69) is 29.4 Å². The van der Waals surface area contributed by atoms with E-state index < -0.39 is 5.95 Å². The number of aryl methyl sites for hydroxylation is 1. The van der Waals surface area contributed by atoms with Crippen molar-refractivity contribution in [2.75, 3.05) is 5.32 Å². The van der Waals surface area contributed by atoms with E-state index in [1.165, 1.54) is 23.3 Å². The lowest BCUT2D eigenvalue weighted by Crippen LogP contribution is -2.44. The zero-order valence-electron chi connectivity index (χ0n) is 18.2. The van der Waals surface area contributed by atoms with Gasteiger partial charge in [-0.15, -0.1) is 0 Å². The fraction of sp³-hybridized carbons (Fsp3) is 0.500. The van der Waals surface area contributed by atoms with Gasteiger partial charge in [-0.25, -0.2) is 4.98 Å². The van der Waals surface area contributed by atoms with Crippen LogP contribution in [0.1, 0.15) is 62.5 Å². The van der Waals surface area contributed by atoms with Crippen LogP contribution in [0.15, 0.2) is 36.4 Å². The molecule has 1 aromatic heterocycles. The number of benzene rings is 1. The maximum atomic E-state index is 13.3. The molecule has 5 atom stereocenters. The van der Waals surface area contributed by atoms with Gasteiger partial charge in [0.25, 0.3) is 0 Å². The molecule has 0 saturated heterocycles. The first-order valence-electron chi connectivity index (χ1n) is 11.6. The van der Waals surface area contributed by atoms with Crippen LogP contribution in [0, 0.1) is 29.1 Å². The van der Waals surface area contributed by atoms with Gasteiger partial charge in [-0.2, -0.15) is 4.39 Å². The second-order valence-electron chi connectivity index (χ2n) is 9.95. The van der Waals surface area contributed by atoms with Gasteiger partial charge in [-0.3, -0.25) is 9.59 Å². The second-order valence-corrected chi connectivity index (χ2v) is 10.4. The largest absolute Gasteiger partial charge is 0.311 e. The number of halogens is 2. The molecule has 1 aromatic carbocycles. The van der Waals surface area contributed by atoms with Crippen LogP contribution in [0.5, 0.6) is 0 Å². The van der Waals surface area contributed by atoms with E-state index in [1.807, 2.05) is 6.07 Å². The summed E-state index contributed by atoms with van der Waals surface area (Å²) in [6, 6.07) is 10.6. The van der Waals surface area contributed by atoms with E-state index in [0.717, 1.165) is 30.7 Å². The van der Waals surface area contributed by atoms with Gasteiger partial charge in [0.2, 0.25) is 11.9 Å². The van der Waals surface area contributed by atoms with Crippen molar-refractivity contribution in [1.82, 2.24) is 4.98 Å². The summed E-state index contributed by atoms with van der Waals surface area (Å²) in [7, 11) is 0. The molecule has 5 rings (SSSR count). The zero-order chi connectivity index (χ0) is 22.5. The summed E-state index contributed by atoms with van der Waals surface area (Å²) >= 11 is 6.24. The Morgan fingerprint density at radius 3 is 2.94 bits per heavy atom. The molecule has 168 valence electrons. The number of ketones is 1. The molecule has 3 unspecified atom stereocenters. The Morgan fingerprint density at radius 2 is 2.12 bits per heavy atom. The molecule has 0 bridgehead atoms. The van der Waals surface area contributed by atoms with Crippen molar-refractivity contribution in [1.29, 1.82) is 0 Å². The number of carbonyl (C=O) groups is 2. The minimum absolute atomic E-state index is 0.180. The number of aromatic nitrogens is 1. The molecular formula is C26H28ClFN2O2. The number of nitrogens with zero attached hydrogens (tertiary/aromatic N) is 1. The minimum Gasteiger partial charge on any atom is -0.311 e. The third-order valence-corrected chi connectivity index (χ3v) is 8.49. The Kier molecular flexibility index (Phi) is 5.56. The highest BCUT2D eigenvalue weighted by Crippen LogP contribution is 2.62. The second kappa shape index (κ2) is 8.26. The Hall–Kier alpha value is -2.27. The van der Waals surface area contributed by atoms with Crippen LogP contribution in [0.2, 0.25) is 5.02 Å². The van der Waals surface area contributed by atoms with Crippen molar-refractivity contribution >= 4 is 29.1 Å². The first-order chi connectivity index (χ1) is 15.3. The van der Waals surface area contributed by atoms with Gasteiger partial charge in [0.1, 0.15) is 11.6 Å².